The van der Waals surface area contributed by atoms with E-state index in [9.17, 15) is 13.6 Å². The maximum Gasteiger partial charge on any atom is 0.333 e. The van der Waals surface area contributed by atoms with E-state index in [-0.39, 0.29) is 15.5 Å². The molecule has 0 aromatic carbocycles. The summed E-state index contributed by atoms with van der Waals surface area (Å²) in [5, 5.41) is 0. The number of halogens is 2. The SMILES string of the molecule is C=C(C)C(=O)OCCCCCCCCCCCCCCCC[Si]C(F)F. The number of alkyl halides is 2. The van der Waals surface area contributed by atoms with Gasteiger partial charge in [-0.2, -0.15) is 0 Å². The highest BCUT2D eigenvalue weighted by Crippen LogP contribution is 2.13. The van der Waals surface area contributed by atoms with Crippen LogP contribution in [0.25, 0.3) is 0 Å². The Balaban J connectivity index is 3.07. The zero-order valence-electron chi connectivity index (χ0n) is 16.7. The van der Waals surface area contributed by atoms with Gasteiger partial charge in [0.15, 0.2) is 0 Å². The first kappa shape index (κ1) is 25.3. The number of ether oxygens (including phenoxy) is 1. The van der Waals surface area contributed by atoms with Gasteiger partial charge in [-0.3, -0.25) is 0 Å². The lowest BCUT2D eigenvalue weighted by Gasteiger charge is -2.05. The van der Waals surface area contributed by atoms with E-state index in [1.807, 2.05) is 0 Å². The van der Waals surface area contributed by atoms with Gasteiger partial charge < -0.3 is 4.74 Å². The minimum absolute atomic E-state index is 0.159. The van der Waals surface area contributed by atoms with Gasteiger partial charge in [0.1, 0.15) is 9.52 Å². The van der Waals surface area contributed by atoms with Crippen molar-refractivity contribution in [2.75, 3.05) is 6.61 Å². The van der Waals surface area contributed by atoms with Crippen LogP contribution in [0.15, 0.2) is 12.2 Å². The second-order valence-corrected chi connectivity index (χ2v) is 8.47. The molecule has 0 aliphatic heterocycles. The van der Waals surface area contributed by atoms with Gasteiger partial charge >= 0.3 is 5.97 Å². The Morgan fingerprint density at radius 2 is 1.19 bits per heavy atom. The normalized spacial score (nSPS) is 11.1. The average molecular weight is 389 g/mol. The fourth-order valence-electron chi connectivity index (χ4n) is 2.85. The Morgan fingerprint density at radius 1 is 0.808 bits per heavy atom. The van der Waals surface area contributed by atoms with Crippen molar-refractivity contribution >= 4 is 15.5 Å². The molecule has 0 aliphatic carbocycles. The van der Waals surface area contributed by atoms with Crippen molar-refractivity contribution in [1.29, 1.82) is 0 Å². The molecule has 0 N–H and O–H groups in total. The Labute approximate surface area is 162 Å². The number of hydrogen-bond acceptors (Lipinski definition) is 2. The predicted molar refractivity (Wildman–Crippen MR) is 107 cm³/mol. The number of unbranched alkanes of at least 4 members (excludes halogenated alkanes) is 13. The second kappa shape index (κ2) is 19.1. The average Bonchev–Trinajstić information content (AvgIpc) is 2.60. The van der Waals surface area contributed by atoms with Gasteiger partial charge in [-0.15, -0.1) is 0 Å². The van der Waals surface area contributed by atoms with Crippen molar-refractivity contribution in [2.24, 2.45) is 0 Å². The van der Waals surface area contributed by atoms with Crippen LogP contribution in [-0.4, -0.2) is 28.1 Å². The summed E-state index contributed by atoms with van der Waals surface area (Å²) in [6.07, 6.45) is 17.0. The van der Waals surface area contributed by atoms with Gasteiger partial charge in [0.2, 0.25) is 6.05 Å². The van der Waals surface area contributed by atoms with Crippen LogP contribution in [0.4, 0.5) is 8.78 Å². The van der Waals surface area contributed by atoms with E-state index < -0.39 is 6.05 Å². The van der Waals surface area contributed by atoms with Crippen molar-refractivity contribution in [2.45, 2.75) is 109 Å². The summed E-state index contributed by atoms with van der Waals surface area (Å²) in [6, 6.07) is -1.39. The van der Waals surface area contributed by atoms with Crippen LogP contribution < -0.4 is 0 Å². The van der Waals surface area contributed by atoms with Gasteiger partial charge in [0.25, 0.3) is 0 Å². The molecule has 0 rings (SSSR count). The third-order valence-corrected chi connectivity index (χ3v) is 5.40. The number of carbonyl (C=O) groups is 1. The van der Waals surface area contributed by atoms with Crippen LogP contribution in [-0.2, 0) is 9.53 Å². The summed E-state index contributed by atoms with van der Waals surface area (Å²) in [4.78, 5) is 11.2. The Kier molecular flexibility index (Phi) is 18.5. The van der Waals surface area contributed by atoms with Crippen LogP contribution in [0, 0.1) is 0 Å². The van der Waals surface area contributed by atoms with E-state index >= 15 is 0 Å². The van der Waals surface area contributed by atoms with Gasteiger partial charge in [-0.25, -0.2) is 13.6 Å². The summed E-state index contributed by atoms with van der Waals surface area (Å²) < 4.78 is 29.0. The van der Waals surface area contributed by atoms with Crippen LogP contribution in [0.5, 0.6) is 0 Å². The fourth-order valence-corrected chi connectivity index (χ4v) is 3.52. The molecule has 2 radical (unpaired) electrons. The largest absolute Gasteiger partial charge is 0.462 e. The lowest BCUT2D eigenvalue weighted by atomic mass is 10.0. The monoisotopic (exact) mass is 388 g/mol. The number of hydrogen-bond donors (Lipinski definition) is 0. The molecule has 0 unspecified atom stereocenters. The first-order valence-electron chi connectivity index (χ1n) is 10.4. The molecular formula is C21H38F2O2Si. The zero-order chi connectivity index (χ0) is 19.5. The molecule has 0 amide bonds. The maximum atomic E-state index is 12.0. The van der Waals surface area contributed by atoms with Crippen molar-refractivity contribution in [3.05, 3.63) is 12.2 Å². The van der Waals surface area contributed by atoms with Crippen LogP contribution >= 0.6 is 0 Å². The minimum Gasteiger partial charge on any atom is -0.462 e. The van der Waals surface area contributed by atoms with Crippen molar-refractivity contribution in [3.63, 3.8) is 0 Å². The third-order valence-electron chi connectivity index (χ3n) is 4.45. The van der Waals surface area contributed by atoms with Gasteiger partial charge in [-0.05, 0) is 13.3 Å². The Morgan fingerprint density at radius 3 is 1.58 bits per heavy atom. The summed E-state index contributed by atoms with van der Waals surface area (Å²) >= 11 is 0. The quantitative estimate of drug-likeness (QED) is 0.104. The van der Waals surface area contributed by atoms with E-state index in [1.165, 1.54) is 64.2 Å². The second-order valence-electron chi connectivity index (χ2n) is 7.12. The van der Waals surface area contributed by atoms with Gasteiger partial charge in [-0.1, -0.05) is 96.1 Å². The first-order valence-corrected chi connectivity index (χ1v) is 11.7. The predicted octanol–water partition coefficient (Wildman–Crippen LogP) is 6.91. The summed E-state index contributed by atoms with van der Waals surface area (Å²) in [5.41, 5.74) is 0.468. The molecule has 0 aromatic rings. The topological polar surface area (TPSA) is 26.3 Å². The van der Waals surface area contributed by atoms with E-state index in [4.69, 9.17) is 4.74 Å². The Hall–Kier alpha value is -0.713. The molecule has 0 fully saturated rings. The highest BCUT2D eigenvalue weighted by molar-refractivity contribution is 6.36. The number of carbonyl (C=O) groups excluding carboxylic acids is 1. The van der Waals surface area contributed by atoms with Gasteiger partial charge in [0, 0.05) is 5.57 Å². The molecule has 0 bridgehead atoms. The van der Waals surface area contributed by atoms with Gasteiger partial charge in [0.05, 0.1) is 6.61 Å². The molecule has 0 atom stereocenters. The summed E-state index contributed by atoms with van der Waals surface area (Å²) in [5.74, 6) is -0.280. The van der Waals surface area contributed by atoms with E-state index in [0.717, 1.165) is 25.7 Å². The lowest BCUT2D eigenvalue weighted by molar-refractivity contribution is -0.139. The fraction of sp³-hybridized carbons (Fsp3) is 0.857. The molecule has 0 heterocycles. The molecule has 152 valence electrons. The Bertz CT molecular complexity index is 349. The first-order chi connectivity index (χ1) is 12.5. The molecule has 0 spiro atoms. The van der Waals surface area contributed by atoms with Crippen LogP contribution in [0.1, 0.15) is 96.8 Å². The van der Waals surface area contributed by atoms with Crippen molar-refractivity contribution < 1.29 is 18.3 Å². The smallest absolute Gasteiger partial charge is 0.333 e. The highest BCUT2D eigenvalue weighted by Gasteiger charge is 2.03. The molecule has 0 saturated heterocycles. The molecule has 0 saturated carbocycles. The van der Waals surface area contributed by atoms with Crippen LogP contribution in [0.2, 0.25) is 6.04 Å². The third kappa shape index (κ3) is 19.6. The van der Waals surface area contributed by atoms with Crippen LogP contribution in [0.3, 0.4) is 0 Å². The molecule has 0 aliphatic rings. The van der Waals surface area contributed by atoms with E-state index in [2.05, 4.69) is 6.58 Å². The van der Waals surface area contributed by atoms with Crippen molar-refractivity contribution in [3.8, 4) is 0 Å². The highest BCUT2D eigenvalue weighted by atomic mass is 28.2. The maximum absolute atomic E-state index is 12.0. The lowest BCUT2D eigenvalue weighted by Crippen LogP contribution is -2.05. The minimum atomic E-state index is -2.10. The summed E-state index contributed by atoms with van der Waals surface area (Å²) in [7, 11) is -0.159. The molecule has 5 heteroatoms. The molecule has 2 nitrogen and oxygen atoms in total. The number of rotatable bonds is 19. The standard InChI is InChI=1S/C21H38F2O2Si/c1-19(2)20(24)25-17-15-13-11-9-7-5-3-4-6-8-10-12-14-16-18-26-21(22)23/h21H,1,3-18H2,2H3. The van der Waals surface area contributed by atoms with Crippen molar-refractivity contribution in [1.82, 2.24) is 0 Å². The molecule has 26 heavy (non-hydrogen) atoms. The summed E-state index contributed by atoms with van der Waals surface area (Å²) in [6.45, 7) is 5.74. The van der Waals surface area contributed by atoms with E-state index in [0.29, 0.717) is 18.2 Å². The van der Waals surface area contributed by atoms with E-state index in [1.54, 1.807) is 6.92 Å². The zero-order valence-corrected chi connectivity index (χ0v) is 17.7. The number of esters is 1. The molecular weight excluding hydrogens is 350 g/mol. The molecule has 0 aromatic heterocycles.